The van der Waals surface area contributed by atoms with Crippen LogP contribution < -0.4 is 0 Å². The van der Waals surface area contributed by atoms with E-state index in [0.29, 0.717) is 5.25 Å². The second kappa shape index (κ2) is 5.24. The lowest BCUT2D eigenvalue weighted by atomic mass is 10.1. The first-order chi connectivity index (χ1) is 7.66. The summed E-state index contributed by atoms with van der Waals surface area (Å²) in [4.78, 5) is 1.40. The highest BCUT2D eigenvalue weighted by molar-refractivity contribution is 9.11. The molecule has 0 spiro atoms. The number of hydrogen-bond acceptors (Lipinski definition) is 1. The third-order valence-corrected chi connectivity index (χ3v) is 4.35. The largest absolute Gasteiger partial charge is 0.123 e. The van der Waals surface area contributed by atoms with Gasteiger partial charge in [0.1, 0.15) is 0 Å². The van der Waals surface area contributed by atoms with E-state index in [4.69, 9.17) is 0 Å². The molecule has 0 amide bonds. The molecule has 2 aliphatic rings. The molecule has 0 heterocycles. The topological polar surface area (TPSA) is 0 Å². The predicted molar refractivity (Wildman–Crippen MR) is 77.7 cm³/mol. The molecule has 0 radical (unpaired) electrons. The molecule has 2 bridgehead atoms. The molecule has 84 valence electrons. The summed E-state index contributed by atoms with van der Waals surface area (Å²) < 4.78 is 1.19. The fourth-order valence-corrected chi connectivity index (χ4v) is 3.12. The Bertz CT molecular complexity index is 434. The number of hydrogen-bond donors (Lipinski definition) is 0. The Hall–Kier alpha value is -0.470. The van der Waals surface area contributed by atoms with E-state index < -0.39 is 0 Å². The van der Waals surface area contributed by atoms with E-state index in [-0.39, 0.29) is 0 Å². The van der Waals surface area contributed by atoms with Gasteiger partial charge in [0.25, 0.3) is 0 Å². The normalized spacial score (nSPS) is 19.5. The number of fused-ring (bicyclic) bond motifs is 2. The standard InChI is InChI=1S/C14H15BrS/c1-10(2)16-14-8-4-5-11-9-12(14)6-3-7-13(11)15/h3-8,10H,9H2,1-2H3. The average Bonchev–Trinajstić information content (AvgIpc) is 2.50. The molecule has 2 aliphatic carbocycles. The first-order valence-electron chi connectivity index (χ1n) is 5.48. The van der Waals surface area contributed by atoms with Gasteiger partial charge in [-0.15, -0.1) is 11.8 Å². The van der Waals surface area contributed by atoms with Crippen LogP contribution in [0.15, 0.2) is 57.0 Å². The van der Waals surface area contributed by atoms with Crippen molar-refractivity contribution in [2.45, 2.75) is 25.5 Å². The van der Waals surface area contributed by atoms with Crippen molar-refractivity contribution in [3.63, 3.8) is 0 Å². The van der Waals surface area contributed by atoms with Gasteiger partial charge in [0.2, 0.25) is 0 Å². The number of allylic oxidation sites excluding steroid dienone is 9. The van der Waals surface area contributed by atoms with Crippen molar-refractivity contribution in [3.8, 4) is 0 Å². The number of thioether (sulfide) groups is 1. The fraction of sp³-hybridized carbons (Fsp3) is 0.286. The molecular formula is C14H15BrS. The molecule has 0 saturated carbocycles. The van der Waals surface area contributed by atoms with Gasteiger partial charge in [0.05, 0.1) is 0 Å². The third kappa shape index (κ3) is 2.80. The second-order valence-corrected chi connectivity index (χ2v) is 6.63. The predicted octanol–water partition coefficient (Wildman–Crippen LogP) is 5.12. The molecule has 0 aromatic rings. The maximum absolute atomic E-state index is 3.61. The van der Waals surface area contributed by atoms with E-state index in [1.54, 1.807) is 0 Å². The van der Waals surface area contributed by atoms with E-state index in [9.17, 15) is 0 Å². The van der Waals surface area contributed by atoms with Crippen LogP contribution in [0.2, 0.25) is 0 Å². The minimum Gasteiger partial charge on any atom is -0.123 e. The summed E-state index contributed by atoms with van der Waals surface area (Å²) in [6.45, 7) is 4.47. The van der Waals surface area contributed by atoms with Crippen LogP contribution in [0.4, 0.5) is 0 Å². The van der Waals surface area contributed by atoms with Gasteiger partial charge in [-0.05, 0) is 29.7 Å². The SMILES string of the molecule is CC(C)SC1=CC=CC2=C(Br)C=CC=C1C2. The maximum Gasteiger partial charge on any atom is 0.0210 e. The molecule has 0 nitrogen and oxygen atoms in total. The van der Waals surface area contributed by atoms with Crippen LogP contribution in [-0.4, -0.2) is 5.25 Å². The molecule has 0 N–H and O–H groups in total. The van der Waals surface area contributed by atoms with E-state index in [0.717, 1.165) is 6.42 Å². The molecule has 0 aliphatic heterocycles. The van der Waals surface area contributed by atoms with E-state index in [2.05, 4.69) is 66.2 Å². The van der Waals surface area contributed by atoms with Crippen LogP contribution in [-0.2, 0) is 0 Å². The van der Waals surface area contributed by atoms with Crippen molar-refractivity contribution in [2.24, 2.45) is 0 Å². The van der Waals surface area contributed by atoms with Gasteiger partial charge in [0, 0.05) is 14.6 Å². The monoisotopic (exact) mass is 294 g/mol. The lowest BCUT2D eigenvalue weighted by Gasteiger charge is -2.12. The third-order valence-electron chi connectivity index (χ3n) is 2.45. The Morgan fingerprint density at radius 1 is 1.19 bits per heavy atom. The summed E-state index contributed by atoms with van der Waals surface area (Å²) in [7, 11) is 0. The van der Waals surface area contributed by atoms with Crippen LogP contribution in [0.25, 0.3) is 0 Å². The first-order valence-corrected chi connectivity index (χ1v) is 7.15. The van der Waals surface area contributed by atoms with Gasteiger partial charge < -0.3 is 0 Å². The van der Waals surface area contributed by atoms with Crippen LogP contribution in [0.3, 0.4) is 0 Å². The van der Waals surface area contributed by atoms with Crippen molar-refractivity contribution >= 4 is 27.7 Å². The highest BCUT2D eigenvalue weighted by Gasteiger charge is 2.14. The minimum atomic E-state index is 0.627. The quantitative estimate of drug-likeness (QED) is 0.681. The van der Waals surface area contributed by atoms with Gasteiger partial charge in [0.15, 0.2) is 0 Å². The summed E-state index contributed by atoms with van der Waals surface area (Å²) in [5, 5.41) is 0.627. The molecule has 0 saturated heterocycles. The van der Waals surface area contributed by atoms with Gasteiger partial charge in [-0.2, -0.15) is 0 Å². The Balaban J connectivity index is 2.34. The molecule has 0 unspecified atom stereocenters. The molecule has 0 aromatic carbocycles. The Morgan fingerprint density at radius 2 is 1.94 bits per heavy atom. The van der Waals surface area contributed by atoms with Crippen LogP contribution in [0.5, 0.6) is 0 Å². The van der Waals surface area contributed by atoms with Gasteiger partial charge >= 0.3 is 0 Å². The highest BCUT2D eigenvalue weighted by Crippen LogP contribution is 2.36. The van der Waals surface area contributed by atoms with Gasteiger partial charge in [-0.1, -0.05) is 54.1 Å². The summed E-state index contributed by atoms with van der Waals surface area (Å²) >= 11 is 5.55. The van der Waals surface area contributed by atoms with E-state index in [1.807, 2.05) is 11.8 Å². The zero-order chi connectivity index (χ0) is 11.5. The van der Waals surface area contributed by atoms with Gasteiger partial charge in [-0.3, -0.25) is 0 Å². The summed E-state index contributed by atoms with van der Waals surface area (Å²) in [6.07, 6.45) is 14.1. The number of halogens is 1. The zero-order valence-corrected chi connectivity index (χ0v) is 11.9. The van der Waals surface area contributed by atoms with E-state index >= 15 is 0 Å². The van der Waals surface area contributed by atoms with Crippen molar-refractivity contribution in [1.29, 1.82) is 0 Å². The van der Waals surface area contributed by atoms with Crippen LogP contribution >= 0.6 is 27.7 Å². The molecule has 2 rings (SSSR count). The van der Waals surface area contributed by atoms with Crippen LogP contribution in [0.1, 0.15) is 20.3 Å². The van der Waals surface area contributed by atoms with Crippen molar-refractivity contribution in [1.82, 2.24) is 0 Å². The minimum absolute atomic E-state index is 0.627. The number of rotatable bonds is 2. The van der Waals surface area contributed by atoms with Crippen LogP contribution in [0, 0.1) is 0 Å². The summed E-state index contributed by atoms with van der Waals surface area (Å²) in [5.74, 6) is 0. The van der Waals surface area contributed by atoms with Crippen molar-refractivity contribution in [3.05, 3.63) is 57.0 Å². The molecule has 2 heteroatoms. The van der Waals surface area contributed by atoms with Crippen molar-refractivity contribution < 1.29 is 0 Å². The molecule has 0 atom stereocenters. The molecule has 16 heavy (non-hydrogen) atoms. The maximum atomic E-state index is 3.61. The lowest BCUT2D eigenvalue weighted by Crippen LogP contribution is -1.92. The van der Waals surface area contributed by atoms with Crippen molar-refractivity contribution in [2.75, 3.05) is 0 Å². The highest BCUT2D eigenvalue weighted by atomic mass is 79.9. The van der Waals surface area contributed by atoms with Gasteiger partial charge in [-0.25, -0.2) is 0 Å². The summed E-state index contributed by atoms with van der Waals surface area (Å²) in [6, 6.07) is 0. The Labute approximate surface area is 110 Å². The molecule has 0 aromatic heterocycles. The molecular weight excluding hydrogens is 280 g/mol. The Kier molecular flexibility index (Phi) is 3.93. The average molecular weight is 295 g/mol. The fourth-order valence-electron chi connectivity index (χ4n) is 1.74. The lowest BCUT2D eigenvalue weighted by molar-refractivity contribution is 1.11. The first kappa shape index (κ1) is 12.0. The Morgan fingerprint density at radius 3 is 2.69 bits per heavy atom. The zero-order valence-electron chi connectivity index (χ0n) is 9.53. The molecule has 0 fully saturated rings. The smallest absolute Gasteiger partial charge is 0.0210 e. The van der Waals surface area contributed by atoms with E-state index in [1.165, 1.54) is 20.5 Å². The second-order valence-electron chi connectivity index (χ2n) is 4.16. The summed E-state index contributed by atoms with van der Waals surface area (Å²) in [5.41, 5.74) is 2.78.